The molecule has 0 unspecified atom stereocenters. The third-order valence-corrected chi connectivity index (χ3v) is 6.04. The first-order valence-electron chi connectivity index (χ1n) is 10.7. The van der Waals surface area contributed by atoms with Crippen molar-refractivity contribution in [1.82, 2.24) is 0 Å². The lowest BCUT2D eigenvalue weighted by Crippen LogP contribution is -2.28. The van der Waals surface area contributed by atoms with Crippen LogP contribution in [0, 0.1) is 19.8 Å². The van der Waals surface area contributed by atoms with Crippen LogP contribution in [0.1, 0.15) is 27.9 Å². The van der Waals surface area contributed by atoms with Gasteiger partial charge in [-0.2, -0.15) is 0 Å². The Morgan fingerprint density at radius 2 is 1.58 bits per heavy atom. The molecule has 2 N–H and O–H groups in total. The summed E-state index contributed by atoms with van der Waals surface area (Å²) in [5.41, 5.74) is 4.13. The van der Waals surface area contributed by atoms with Crippen molar-refractivity contribution in [3.63, 3.8) is 0 Å². The summed E-state index contributed by atoms with van der Waals surface area (Å²) in [7, 11) is 0. The molecule has 3 aromatic carbocycles. The van der Waals surface area contributed by atoms with Crippen LogP contribution in [0.25, 0.3) is 0 Å². The zero-order valence-electron chi connectivity index (χ0n) is 18.4. The summed E-state index contributed by atoms with van der Waals surface area (Å²) in [6.07, 6.45) is 0.102. The van der Waals surface area contributed by atoms with Crippen molar-refractivity contribution in [3.8, 4) is 0 Å². The highest BCUT2D eigenvalue weighted by Crippen LogP contribution is 2.28. The van der Waals surface area contributed by atoms with Crippen LogP contribution >= 0.6 is 11.6 Å². The molecule has 0 radical (unpaired) electrons. The Balaban J connectivity index is 1.49. The van der Waals surface area contributed by atoms with Crippen molar-refractivity contribution in [3.05, 3.63) is 88.4 Å². The summed E-state index contributed by atoms with van der Waals surface area (Å²) in [6, 6.07) is 19.6. The number of halogens is 1. The molecular weight excluding hydrogens is 438 g/mol. The summed E-state index contributed by atoms with van der Waals surface area (Å²) in [6.45, 7) is 4.13. The van der Waals surface area contributed by atoms with Gasteiger partial charge in [-0.05, 0) is 61.4 Å². The molecule has 168 valence electrons. The second kappa shape index (κ2) is 9.46. The molecule has 7 heteroatoms. The summed E-state index contributed by atoms with van der Waals surface area (Å²) in [5.74, 6) is -1.26. The number of aryl methyl sites for hydroxylation is 2. The van der Waals surface area contributed by atoms with E-state index in [-0.39, 0.29) is 30.7 Å². The SMILES string of the molecule is Cc1cccc(C)c1NC(=O)c1ccccc1NC(=O)[C@@H]1CC(=O)N(c2ccc(Cl)cc2)C1. The van der Waals surface area contributed by atoms with Gasteiger partial charge < -0.3 is 15.5 Å². The number of hydrogen-bond donors (Lipinski definition) is 2. The van der Waals surface area contributed by atoms with Gasteiger partial charge >= 0.3 is 0 Å². The first kappa shape index (κ1) is 22.6. The third-order valence-electron chi connectivity index (χ3n) is 5.78. The number of hydrogen-bond acceptors (Lipinski definition) is 3. The van der Waals surface area contributed by atoms with E-state index in [4.69, 9.17) is 11.6 Å². The molecule has 6 nitrogen and oxygen atoms in total. The van der Waals surface area contributed by atoms with Gasteiger partial charge in [0.1, 0.15) is 0 Å². The summed E-state index contributed by atoms with van der Waals surface area (Å²) < 4.78 is 0. The van der Waals surface area contributed by atoms with E-state index in [0.29, 0.717) is 22.0 Å². The van der Waals surface area contributed by atoms with Gasteiger partial charge in [-0.1, -0.05) is 41.9 Å². The maximum absolute atomic E-state index is 13.0. The van der Waals surface area contributed by atoms with E-state index in [0.717, 1.165) is 16.8 Å². The largest absolute Gasteiger partial charge is 0.325 e. The van der Waals surface area contributed by atoms with Crippen molar-refractivity contribution in [1.29, 1.82) is 0 Å². The molecule has 3 amide bonds. The highest BCUT2D eigenvalue weighted by atomic mass is 35.5. The number of amides is 3. The zero-order chi connectivity index (χ0) is 23.5. The number of para-hydroxylation sites is 2. The Hall–Kier alpha value is -3.64. The van der Waals surface area contributed by atoms with E-state index >= 15 is 0 Å². The van der Waals surface area contributed by atoms with Gasteiger partial charge in [0, 0.05) is 29.4 Å². The second-order valence-corrected chi connectivity index (χ2v) is 8.57. The van der Waals surface area contributed by atoms with E-state index in [1.807, 2.05) is 32.0 Å². The fourth-order valence-electron chi connectivity index (χ4n) is 3.97. The topological polar surface area (TPSA) is 78.5 Å². The fraction of sp³-hybridized carbons (Fsp3) is 0.192. The summed E-state index contributed by atoms with van der Waals surface area (Å²) in [4.78, 5) is 40.1. The molecule has 1 aliphatic rings. The third kappa shape index (κ3) is 4.91. The number of carbonyl (C=O) groups excluding carboxylic acids is 3. The van der Waals surface area contributed by atoms with E-state index in [1.165, 1.54) is 0 Å². The average Bonchev–Trinajstić information content (AvgIpc) is 3.19. The maximum atomic E-state index is 13.0. The highest BCUT2D eigenvalue weighted by molar-refractivity contribution is 6.30. The minimum atomic E-state index is -0.525. The van der Waals surface area contributed by atoms with E-state index in [9.17, 15) is 14.4 Å². The molecular formula is C26H24ClN3O3. The minimum Gasteiger partial charge on any atom is -0.325 e. The molecule has 0 bridgehead atoms. The van der Waals surface area contributed by atoms with Gasteiger partial charge in [0.2, 0.25) is 11.8 Å². The zero-order valence-corrected chi connectivity index (χ0v) is 19.1. The minimum absolute atomic E-state index is 0.102. The van der Waals surface area contributed by atoms with Crippen molar-refractivity contribution < 1.29 is 14.4 Å². The van der Waals surface area contributed by atoms with Gasteiger partial charge in [-0.15, -0.1) is 0 Å². The lowest BCUT2D eigenvalue weighted by Gasteiger charge is -2.17. The Kier molecular flexibility index (Phi) is 6.47. The van der Waals surface area contributed by atoms with Gasteiger partial charge in [-0.25, -0.2) is 0 Å². The van der Waals surface area contributed by atoms with Crippen LogP contribution in [0.3, 0.4) is 0 Å². The van der Waals surface area contributed by atoms with Gasteiger partial charge in [0.25, 0.3) is 5.91 Å². The van der Waals surface area contributed by atoms with Crippen LogP contribution in [0.5, 0.6) is 0 Å². The van der Waals surface area contributed by atoms with Gasteiger partial charge in [0.05, 0.1) is 17.2 Å². The molecule has 1 fully saturated rings. The summed E-state index contributed by atoms with van der Waals surface area (Å²) >= 11 is 5.93. The van der Waals surface area contributed by atoms with Crippen LogP contribution in [0.15, 0.2) is 66.7 Å². The number of benzene rings is 3. The molecule has 0 aliphatic carbocycles. The normalized spacial score (nSPS) is 15.4. The lowest BCUT2D eigenvalue weighted by molar-refractivity contribution is -0.122. The van der Waals surface area contributed by atoms with Crippen LogP contribution in [-0.4, -0.2) is 24.3 Å². The molecule has 4 rings (SSSR count). The molecule has 1 atom stereocenters. The summed E-state index contributed by atoms with van der Waals surface area (Å²) in [5, 5.41) is 6.38. The molecule has 0 aromatic heterocycles. The molecule has 0 saturated carbocycles. The maximum Gasteiger partial charge on any atom is 0.257 e. The standard InChI is InChI=1S/C26H24ClN3O3/c1-16-6-5-7-17(2)24(16)29-26(33)21-8-3-4-9-22(21)28-25(32)18-14-23(31)30(15-18)20-12-10-19(27)11-13-20/h3-13,18H,14-15H2,1-2H3,(H,28,32)(H,29,33)/t18-/m1/s1. The Morgan fingerprint density at radius 1 is 0.909 bits per heavy atom. The molecule has 1 saturated heterocycles. The Morgan fingerprint density at radius 3 is 2.27 bits per heavy atom. The lowest BCUT2D eigenvalue weighted by atomic mass is 10.1. The predicted molar refractivity (Wildman–Crippen MR) is 131 cm³/mol. The van der Waals surface area contributed by atoms with Crippen molar-refractivity contribution in [2.45, 2.75) is 20.3 Å². The van der Waals surface area contributed by atoms with Gasteiger partial charge in [-0.3, -0.25) is 14.4 Å². The van der Waals surface area contributed by atoms with E-state index in [1.54, 1.807) is 53.4 Å². The Bertz CT molecular complexity index is 1200. The number of nitrogens with zero attached hydrogens (tertiary/aromatic N) is 1. The molecule has 1 aliphatic heterocycles. The predicted octanol–water partition coefficient (Wildman–Crippen LogP) is 5.20. The molecule has 33 heavy (non-hydrogen) atoms. The quantitative estimate of drug-likeness (QED) is 0.548. The second-order valence-electron chi connectivity index (χ2n) is 8.14. The number of rotatable bonds is 5. The van der Waals surface area contributed by atoms with Crippen molar-refractivity contribution in [2.24, 2.45) is 5.92 Å². The molecule has 3 aromatic rings. The number of anilines is 3. The average molecular weight is 462 g/mol. The number of carbonyl (C=O) groups is 3. The molecule has 1 heterocycles. The first-order chi connectivity index (χ1) is 15.8. The monoisotopic (exact) mass is 461 g/mol. The highest BCUT2D eigenvalue weighted by Gasteiger charge is 2.35. The van der Waals surface area contributed by atoms with Gasteiger partial charge in [0.15, 0.2) is 0 Å². The molecule has 0 spiro atoms. The van der Waals surface area contributed by atoms with E-state index < -0.39 is 5.92 Å². The van der Waals surface area contributed by atoms with Crippen LogP contribution in [-0.2, 0) is 9.59 Å². The first-order valence-corrected chi connectivity index (χ1v) is 11.0. The Labute approximate surface area is 197 Å². The van der Waals surface area contributed by atoms with Crippen LogP contribution in [0.2, 0.25) is 5.02 Å². The van der Waals surface area contributed by atoms with E-state index in [2.05, 4.69) is 10.6 Å². The van der Waals surface area contributed by atoms with Crippen LogP contribution < -0.4 is 15.5 Å². The number of nitrogens with one attached hydrogen (secondary N) is 2. The van der Waals surface area contributed by atoms with Crippen LogP contribution in [0.4, 0.5) is 17.1 Å². The smallest absolute Gasteiger partial charge is 0.257 e. The fourth-order valence-corrected chi connectivity index (χ4v) is 4.10. The van der Waals surface area contributed by atoms with Crippen molar-refractivity contribution >= 4 is 46.4 Å². The van der Waals surface area contributed by atoms with Crippen molar-refractivity contribution in [2.75, 3.05) is 22.1 Å².